The molecule has 5 aliphatic rings. The van der Waals surface area contributed by atoms with Crippen LogP contribution in [0, 0.1) is 5.41 Å². The first-order valence-electron chi connectivity index (χ1n) is 17.4. The Balaban J connectivity index is 1.02. The zero-order chi connectivity index (χ0) is 34.0. The van der Waals surface area contributed by atoms with Crippen LogP contribution in [0.1, 0.15) is 53.6 Å². The first kappa shape index (κ1) is 31.8. The van der Waals surface area contributed by atoms with E-state index < -0.39 is 0 Å². The number of aromatic nitrogens is 3. The molecule has 0 radical (unpaired) electrons. The normalized spacial score (nSPS) is 22.5. The molecule has 3 aromatic heterocycles. The van der Waals surface area contributed by atoms with Gasteiger partial charge in [0.15, 0.2) is 0 Å². The van der Waals surface area contributed by atoms with Crippen molar-refractivity contribution < 1.29 is 14.6 Å². The minimum atomic E-state index is -0.253. The summed E-state index contributed by atoms with van der Waals surface area (Å²) in [4.78, 5) is 32.0. The topological polar surface area (TPSA) is 102 Å². The van der Waals surface area contributed by atoms with Crippen molar-refractivity contribution in [3.8, 4) is 0 Å². The number of nitrogens with zero attached hydrogens (tertiary/aromatic N) is 7. The predicted molar refractivity (Wildman–Crippen MR) is 191 cm³/mol. The highest BCUT2D eigenvalue weighted by molar-refractivity contribution is 6.06. The predicted octanol–water partition coefficient (Wildman–Crippen LogP) is 4.26. The lowest BCUT2D eigenvalue weighted by atomic mass is 9.90. The molecule has 1 amide bonds. The fourth-order valence-electron chi connectivity index (χ4n) is 8.16. The molecule has 11 nitrogen and oxygen atoms in total. The summed E-state index contributed by atoms with van der Waals surface area (Å²) in [5.74, 6) is 1.15. The molecule has 49 heavy (non-hydrogen) atoms. The first-order valence-corrected chi connectivity index (χ1v) is 17.4. The minimum absolute atomic E-state index is 0.0717. The zero-order valence-corrected chi connectivity index (χ0v) is 28.9. The molecule has 2 fully saturated rings. The van der Waals surface area contributed by atoms with E-state index in [0.29, 0.717) is 42.2 Å². The van der Waals surface area contributed by atoms with E-state index in [1.807, 2.05) is 42.6 Å². The number of aliphatic hydroxyl groups is 1. The molecule has 0 aromatic carbocycles. The number of piperazine rings is 1. The van der Waals surface area contributed by atoms with E-state index in [2.05, 4.69) is 64.2 Å². The minimum Gasteiger partial charge on any atom is -0.392 e. The number of pyridine rings is 2. The lowest BCUT2D eigenvalue weighted by Gasteiger charge is -2.46. The van der Waals surface area contributed by atoms with E-state index in [9.17, 15) is 9.90 Å². The maximum Gasteiger partial charge on any atom is 0.276 e. The second kappa shape index (κ2) is 12.2. The van der Waals surface area contributed by atoms with E-state index in [0.717, 1.165) is 79.7 Å². The number of amides is 1. The first-order chi connectivity index (χ1) is 23.6. The van der Waals surface area contributed by atoms with E-state index in [-0.39, 0.29) is 17.9 Å². The van der Waals surface area contributed by atoms with Crippen molar-refractivity contribution in [2.75, 3.05) is 61.6 Å². The largest absolute Gasteiger partial charge is 0.392 e. The molecule has 1 atom stereocenters. The van der Waals surface area contributed by atoms with Crippen molar-refractivity contribution in [2.24, 2.45) is 5.41 Å². The molecule has 8 rings (SSSR count). The summed E-state index contributed by atoms with van der Waals surface area (Å²) in [6.45, 7) is 16.8. The molecule has 0 unspecified atom stereocenters. The van der Waals surface area contributed by atoms with E-state index in [1.165, 1.54) is 11.3 Å². The number of fused-ring (bicyclic) bond motifs is 3. The van der Waals surface area contributed by atoms with Gasteiger partial charge in [-0.05, 0) is 66.6 Å². The zero-order valence-electron chi connectivity index (χ0n) is 28.9. The summed E-state index contributed by atoms with van der Waals surface area (Å²) in [7, 11) is 1.95. The molecule has 2 saturated heterocycles. The fourth-order valence-corrected chi connectivity index (χ4v) is 8.16. The Bertz CT molecular complexity index is 1870. The van der Waals surface area contributed by atoms with Crippen LogP contribution in [0.5, 0.6) is 0 Å². The Labute approximate surface area is 288 Å². The number of likely N-dealkylation sites (N-methyl/N-ethyl adjacent to an activating group) is 1. The van der Waals surface area contributed by atoms with Gasteiger partial charge in [-0.1, -0.05) is 20.4 Å². The average Bonchev–Trinajstić information content (AvgIpc) is 3.55. The monoisotopic (exact) mass is 662 g/mol. The van der Waals surface area contributed by atoms with Crippen LogP contribution in [0.25, 0.3) is 5.57 Å². The number of hydrogen-bond donors (Lipinski definition) is 2. The summed E-state index contributed by atoms with van der Waals surface area (Å²) in [5, 5.41) is 14.2. The van der Waals surface area contributed by atoms with Crippen LogP contribution in [0.4, 0.5) is 17.3 Å². The summed E-state index contributed by atoms with van der Waals surface area (Å²) in [5.41, 5.74) is 8.51. The van der Waals surface area contributed by atoms with Gasteiger partial charge in [0, 0.05) is 75.0 Å². The van der Waals surface area contributed by atoms with Gasteiger partial charge in [-0.15, -0.1) is 0 Å². The molecule has 3 aromatic rings. The van der Waals surface area contributed by atoms with Crippen molar-refractivity contribution in [3.05, 3.63) is 95.0 Å². The Hall–Kier alpha value is -4.45. The van der Waals surface area contributed by atoms with Crippen LogP contribution < -0.4 is 15.1 Å². The smallest absolute Gasteiger partial charge is 0.276 e. The molecule has 11 heteroatoms. The van der Waals surface area contributed by atoms with Crippen molar-refractivity contribution >= 4 is 28.8 Å². The SMILES string of the molecule is C=C1C(Nc2ccc(N3CCN(C4COC4)C[C@@H]3C)cn2)=CC(c2ccnc(N3CCn4c(cc5c4CC(C)(C)C5)C3=O)c2CO)=CN1C. The number of hydrogen-bond acceptors (Lipinski definition) is 9. The highest BCUT2D eigenvalue weighted by Crippen LogP contribution is 2.40. The van der Waals surface area contributed by atoms with Gasteiger partial charge in [-0.25, -0.2) is 9.97 Å². The number of ether oxygens (including phenoxy) is 1. The van der Waals surface area contributed by atoms with Crippen LogP contribution in [-0.4, -0.2) is 93.9 Å². The molecular formula is C38H46N8O3. The number of carbonyl (C=O) groups is 1. The maximum absolute atomic E-state index is 13.9. The van der Waals surface area contributed by atoms with Gasteiger partial charge in [-0.3, -0.25) is 14.6 Å². The van der Waals surface area contributed by atoms with Crippen molar-refractivity contribution in [1.29, 1.82) is 0 Å². The molecule has 7 heterocycles. The fraction of sp³-hybridized carbons (Fsp3) is 0.447. The number of aliphatic hydroxyl groups excluding tert-OH is 1. The molecule has 256 valence electrons. The van der Waals surface area contributed by atoms with Gasteiger partial charge < -0.3 is 29.5 Å². The number of anilines is 3. The summed E-state index contributed by atoms with van der Waals surface area (Å²) < 4.78 is 7.61. The summed E-state index contributed by atoms with van der Waals surface area (Å²) in [6, 6.07) is 9.06. The third kappa shape index (κ3) is 5.63. The third-order valence-corrected chi connectivity index (χ3v) is 10.9. The number of carbonyl (C=O) groups excluding carboxylic acids is 1. The third-order valence-electron chi connectivity index (χ3n) is 10.9. The average molecular weight is 663 g/mol. The van der Waals surface area contributed by atoms with Gasteiger partial charge in [0.1, 0.15) is 17.3 Å². The van der Waals surface area contributed by atoms with Crippen LogP contribution in [-0.2, 0) is 30.7 Å². The Morgan fingerprint density at radius 3 is 2.65 bits per heavy atom. The number of rotatable bonds is 7. The van der Waals surface area contributed by atoms with Gasteiger partial charge >= 0.3 is 0 Å². The summed E-state index contributed by atoms with van der Waals surface area (Å²) >= 11 is 0. The lowest BCUT2D eigenvalue weighted by molar-refractivity contribution is -0.0691. The molecule has 0 saturated carbocycles. The van der Waals surface area contributed by atoms with Crippen LogP contribution in [0.15, 0.2) is 66.9 Å². The van der Waals surface area contributed by atoms with Gasteiger partial charge in [0.2, 0.25) is 0 Å². The molecule has 2 N–H and O–H groups in total. The van der Waals surface area contributed by atoms with Crippen LogP contribution >= 0.6 is 0 Å². The van der Waals surface area contributed by atoms with E-state index in [1.54, 1.807) is 11.1 Å². The second-order valence-electron chi connectivity index (χ2n) is 14.9. The Morgan fingerprint density at radius 2 is 1.94 bits per heavy atom. The second-order valence-corrected chi connectivity index (χ2v) is 14.9. The van der Waals surface area contributed by atoms with Gasteiger partial charge in [0.05, 0.1) is 49.1 Å². The lowest BCUT2D eigenvalue weighted by Crippen LogP contribution is -2.59. The van der Waals surface area contributed by atoms with Crippen LogP contribution in [0.3, 0.4) is 0 Å². The number of allylic oxidation sites excluding steroid dienone is 2. The van der Waals surface area contributed by atoms with E-state index in [4.69, 9.17) is 9.72 Å². The highest BCUT2D eigenvalue weighted by atomic mass is 16.5. The van der Waals surface area contributed by atoms with Crippen molar-refractivity contribution in [3.63, 3.8) is 0 Å². The number of nitrogens with one attached hydrogen (secondary N) is 1. The van der Waals surface area contributed by atoms with Gasteiger partial charge in [-0.2, -0.15) is 0 Å². The molecule has 1 aliphatic carbocycles. The van der Waals surface area contributed by atoms with Crippen molar-refractivity contribution in [2.45, 2.75) is 58.8 Å². The van der Waals surface area contributed by atoms with Gasteiger partial charge in [0.25, 0.3) is 5.91 Å². The Kier molecular flexibility index (Phi) is 7.89. The van der Waals surface area contributed by atoms with E-state index >= 15 is 0 Å². The molecular weight excluding hydrogens is 616 g/mol. The van der Waals surface area contributed by atoms with Crippen LogP contribution in [0.2, 0.25) is 0 Å². The molecule has 0 bridgehead atoms. The highest BCUT2D eigenvalue weighted by Gasteiger charge is 2.38. The molecule has 0 spiro atoms. The standard InChI is InChI=1S/C38H46N8O3/c1-24-19-43(29-22-49-23-29)10-11-44(24)28-6-7-35(40-18-28)41-32-14-27(20-42(5)25(32)2)30-8-9-39-36(31(30)21-47)46-13-12-45-33(37(46)48)15-26-16-38(3,4)17-34(26)45/h6-9,14-15,18,20,24,29,47H,2,10-13,16-17,19,21-23H2,1,3-5H3,(H,40,41)/t24-/m0/s1. The quantitative estimate of drug-likeness (QED) is 0.385. The summed E-state index contributed by atoms with van der Waals surface area (Å²) in [6.07, 6.45) is 9.64. The molecule has 4 aliphatic heterocycles. The Morgan fingerprint density at radius 1 is 1.10 bits per heavy atom. The van der Waals surface area contributed by atoms with Crippen molar-refractivity contribution in [1.82, 2.24) is 24.3 Å². The maximum atomic E-state index is 13.9.